The van der Waals surface area contributed by atoms with Crippen LogP contribution in [0.4, 0.5) is 5.69 Å². The third-order valence-corrected chi connectivity index (χ3v) is 5.84. The fourth-order valence-corrected chi connectivity index (χ4v) is 3.86. The van der Waals surface area contributed by atoms with Gasteiger partial charge in [0.15, 0.2) is 4.77 Å². The molecule has 0 saturated carbocycles. The van der Waals surface area contributed by atoms with E-state index in [1.165, 1.54) is 11.7 Å². The molecule has 0 unspecified atom stereocenters. The fraction of sp³-hybridized carbons (Fsp3) is 0.160. The minimum atomic E-state index is -0.332. The molecule has 0 atom stereocenters. The Balaban J connectivity index is 1.77. The van der Waals surface area contributed by atoms with Crippen LogP contribution in [0.1, 0.15) is 21.5 Å². The number of carbonyl (C=O) groups is 1. The summed E-state index contributed by atoms with van der Waals surface area (Å²) >= 11 is 5.49. The number of rotatable bonds is 5. The zero-order valence-electron chi connectivity index (χ0n) is 18.7. The van der Waals surface area contributed by atoms with E-state index in [4.69, 9.17) is 21.7 Å². The predicted octanol–water partition coefficient (Wildman–Crippen LogP) is 4.93. The van der Waals surface area contributed by atoms with Gasteiger partial charge < -0.3 is 19.8 Å². The molecule has 4 rings (SSSR count). The Labute approximate surface area is 195 Å². The van der Waals surface area contributed by atoms with Crippen LogP contribution in [-0.4, -0.2) is 29.7 Å². The van der Waals surface area contributed by atoms with Crippen molar-refractivity contribution in [2.24, 2.45) is 0 Å². The first-order valence-corrected chi connectivity index (χ1v) is 10.6. The number of carbonyl (C=O) groups excluding carboxylic acids is 1. The predicted molar refractivity (Wildman–Crippen MR) is 132 cm³/mol. The number of fused-ring (bicyclic) bond motifs is 1. The zero-order valence-corrected chi connectivity index (χ0v) is 19.5. The van der Waals surface area contributed by atoms with Crippen LogP contribution >= 0.6 is 12.2 Å². The molecule has 168 valence electrons. The number of nitrogens with zero attached hydrogens (tertiary/aromatic N) is 1. The molecule has 8 heteroatoms. The minimum absolute atomic E-state index is 0.172. The Hall–Kier alpha value is -3.91. The first kappa shape index (κ1) is 22.3. The SMILES string of the molecule is COc1ccc(OC)c(-n2c(=S)[nH]c3cc(C(=O)Nc4ccc(C)c(C)c4)ccc3c2=O)c1. The van der Waals surface area contributed by atoms with Gasteiger partial charge in [0.1, 0.15) is 11.5 Å². The number of aryl methyl sites for hydroxylation is 2. The Bertz CT molecular complexity index is 1500. The zero-order chi connectivity index (χ0) is 23.7. The fourth-order valence-electron chi connectivity index (χ4n) is 3.57. The summed E-state index contributed by atoms with van der Waals surface area (Å²) in [5.74, 6) is 0.754. The van der Waals surface area contributed by atoms with Crippen molar-refractivity contribution >= 4 is 34.7 Å². The summed E-state index contributed by atoms with van der Waals surface area (Å²) in [7, 11) is 3.06. The molecule has 33 heavy (non-hydrogen) atoms. The van der Waals surface area contributed by atoms with Crippen LogP contribution in [0.5, 0.6) is 11.5 Å². The molecule has 0 aliphatic heterocycles. The number of nitrogens with one attached hydrogen (secondary N) is 2. The maximum absolute atomic E-state index is 13.3. The normalized spacial score (nSPS) is 10.8. The van der Waals surface area contributed by atoms with Crippen LogP contribution in [0.25, 0.3) is 16.6 Å². The topological polar surface area (TPSA) is 85.3 Å². The second-order valence-electron chi connectivity index (χ2n) is 7.62. The standard InChI is InChI=1S/C25H23N3O4S/c1-14-5-7-17(11-15(14)2)26-23(29)16-6-9-19-20(12-16)27-25(33)28(24(19)30)21-13-18(31-3)8-10-22(21)32-4/h5-13H,1-4H3,(H,26,29)(H,27,33). The molecule has 2 N–H and O–H groups in total. The van der Waals surface area contributed by atoms with Gasteiger partial charge in [0.05, 0.1) is 30.8 Å². The largest absolute Gasteiger partial charge is 0.497 e. The average Bonchev–Trinajstić information content (AvgIpc) is 2.81. The molecule has 0 bridgehead atoms. The van der Waals surface area contributed by atoms with Gasteiger partial charge in [-0.25, -0.2) is 4.57 Å². The maximum Gasteiger partial charge on any atom is 0.266 e. The summed E-state index contributed by atoms with van der Waals surface area (Å²) in [6.45, 7) is 4.00. The smallest absolute Gasteiger partial charge is 0.266 e. The molecule has 0 fully saturated rings. The van der Waals surface area contributed by atoms with E-state index in [-0.39, 0.29) is 16.2 Å². The van der Waals surface area contributed by atoms with Gasteiger partial charge in [-0.2, -0.15) is 0 Å². The van der Waals surface area contributed by atoms with Crippen LogP contribution in [0.2, 0.25) is 0 Å². The number of anilines is 1. The van der Waals surface area contributed by atoms with E-state index in [1.807, 2.05) is 32.0 Å². The summed E-state index contributed by atoms with van der Waals surface area (Å²) in [6.07, 6.45) is 0. The highest BCUT2D eigenvalue weighted by Crippen LogP contribution is 2.27. The van der Waals surface area contributed by atoms with Crippen molar-refractivity contribution in [2.75, 3.05) is 19.5 Å². The lowest BCUT2D eigenvalue weighted by atomic mass is 10.1. The van der Waals surface area contributed by atoms with Crippen molar-refractivity contribution < 1.29 is 14.3 Å². The molecule has 4 aromatic rings. The molecule has 3 aromatic carbocycles. The number of hydrogen-bond acceptors (Lipinski definition) is 5. The summed E-state index contributed by atoms with van der Waals surface area (Å²) < 4.78 is 12.2. The molecule has 0 saturated heterocycles. The molecule has 1 amide bonds. The molecule has 0 radical (unpaired) electrons. The van der Waals surface area contributed by atoms with Gasteiger partial charge in [0, 0.05) is 17.3 Å². The van der Waals surface area contributed by atoms with E-state index in [1.54, 1.807) is 43.5 Å². The number of aromatic amines is 1. The first-order chi connectivity index (χ1) is 15.8. The van der Waals surface area contributed by atoms with Gasteiger partial charge in [-0.15, -0.1) is 0 Å². The molecule has 1 aromatic heterocycles. The Morgan fingerprint density at radius 2 is 1.76 bits per heavy atom. The number of H-pyrrole nitrogens is 1. The molecular weight excluding hydrogens is 438 g/mol. The van der Waals surface area contributed by atoms with Crippen LogP contribution < -0.4 is 20.3 Å². The summed E-state index contributed by atoms with van der Waals surface area (Å²) in [6, 6.07) is 15.7. The van der Waals surface area contributed by atoms with E-state index < -0.39 is 0 Å². The lowest BCUT2D eigenvalue weighted by molar-refractivity contribution is 0.102. The van der Waals surface area contributed by atoms with Crippen LogP contribution in [0.15, 0.2) is 59.4 Å². The molecule has 0 aliphatic carbocycles. The molecule has 1 heterocycles. The highest BCUT2D eigenvalue weighted by atomic mass is 32.1. The van der Waals surface area contributed by atoms with Gasteiger partial charge in [-0.1, -0.05) is 6.07 Å². The first-order valence-electron chi connectivity index (χ1n) is 10.2. The highest BCUT2D eigenvalue weighted by molar-refractivity contribution is 7.71. The number of ether oxygens (including phenoxy) is 2. The Kier molecular flexibility index (Phi) is 6.02. The van der Waals surface area contributed by atoms with Crippen molar-refractivity contribution in [3.63, 3.8) is 0 Å². The van der Waals surface area contributed by atoms with E-state index in [0.717, 1.165) is 11.1 Å². The number of amides is 1. The Morgan fingerprint density at radius 3 is 2.45 bits per heavy atom. The summed E-state index contributed by atoms with van der Waals surface area (Å²) in [5, 5.41) is 3.28. The van der Waals surface area contributed by atoms with Crippen molar-refractivity contribution in [3.05, 3.63) is 86.4 Å². The quantitative estimate of drug-likeness (QED) is 0.412. The minimum Gasteiger partial charge on any atom is -0.497 e. The Morgan fingerprint density at radius 1 is 0.970 bits per heavy atom. The van der Waals surface area contributed by atoms with Crippen LogP contribution in [-0.2, 0) is 0 Å². The number of methoxy groups -OCH3 is 2. The number of aromatic nitrogens is 2. The third-order valence-electron chi connectivity index (χ3n) is 5.55. The average molecular weight is 462 g/mol. The molecule has 0 spiro atoms. The van der Waals surface area contributed by atoms with Gasteiger partial charge in [-0.3, -0.25) is 9.59 Å². The maximum atomic E-state index is 13.3. The second-order valence-corrected chi connectivity index (χ2v) is 8.01. The van der Waals surface area contributed by atoms with Crippen molar-refractivity contribution in [1.82, 2.24) is 9.55 Å². The van der Waals surface area contributed by atoms with Crippen LogP contribution in [0.3, 0.4) is 0 Å². The number of benzene rings is 3. The van der Waals surface area contributed by atoms with E-state index in [9.17, 15) is 9.59 Å². The number of hydrogen-bond donors (Lipinski definition) is 2. The van der Waals surface area contributed by atoms with Crippen LogP contribution in [0, 0.1) is 18.6 Å². The van der Waals surface area contributed by atoms with E-state index in [0.29, 0.717) is 39.3 Å². The summed E-state index contributed by atoms with van der Waals surface area (Å²) in [4.78, 5) is 29.2. The summed E-state index contributed by atoms with van der Waals surface area (Å²) in [5.41, 5.74) is 3.94. The van der Waals surface area contributed by atoms with Crippen molar-refractivity contribution in [2.45, 2.75) is 13.8 Å². The van der Waals surface area contributed by atoms with Gasteiger partial charge >= 0.3 is 0 Å². The molecule has 7 nitrogen and oxygen atoms in total. The lowest BCUT2D eigenvalue weighted by Crippen LogP contribution is -2.21. The van der Waals surface area contributed by atoms with Crippen molar-refractivity contribution in [3.8, 4) is 17.2 Å². The van der Waals surface area contributed by atoms with E-state index >= 15 is 0 Å². The second kappa shape index (κ2) is 8.91. The highest BCUT2D eigenvalue weighted by Gasteiger charge is 2.15. The molecule has 0 aliphatic rings. The monoisotopic (exact) mass is 461 g/mol. The lowest BCUT2D eigenvalue weighted by Gasteiger charge is -2.14. The van der Waals surface area contributed by atoms with E-state index in [2.05, 4.69) is 10.3 Å². The van der Waals surface area contributed by atoms with Gasteiger partial charge in [0.2, 0.25) is 0 Å². The van der Waals surface area contributed by atoms with Crippen molar-refractivity contribution in [1.29, 1.82) is 0 Å². The van der Waals surface area contributed by atoms with Gasteiger partial charge in [0.25, 0.3) is 11.5 Å². The molecular formula is C25H23N3O4S. The third kappa shape index (κ3) is 4.25. The van der Waals surface area contributed by atoms with Gasteiger partial charge in [-0.05, 0) is 79.7 Å².